The van der Waals surface area contributed by atoms with Crippen LogP contribution in [0.5, 0.6) is 17.2 Å². The molecule has 0 bridgehead atoms. The number of fused-ring (bicyclic) bond motifs is 2. The molecule has 1 amide bonds. The Labute approximate surface area is 387 Å². The van der Waals surface area contributed by atoms with E-state index in [0.717, 1.165) is 11.1 Å². The topological polar surface area (TPSA) is 235 Å². The largest absolute Gasteiger partial charge is 0.459 e. The first kappa shape index (κ1) is 49.8. The molecule has 19 heteroatoms. The molecule has 2 aliphatic carbocycles. The van der Waals surface area contributed by atoms with Crippen molar-refractivity contribution in [1.82, 2.24) is 4.90 Å². The molecule has 0 aromatic heterocycles. The van der Waals surface area contributed by atoms with Gasteiger partial charge in [-0.15, -0.1) is 18.2 Å². The van der Waals surface area contributed by atoms with Crippen molar-refractivity contribution in [1.29, 1.82) is 0 Å². The number of allylic oxidation sites excluding steroid dienone is 1. The van der Waals surface area contributed by atoms with Gasteiger partial charge in [-0.2, -0.15) is 0 Å². The molecule has 3 aromatic carbocycles. The number of alkyl halides is 1. The van der Waals surface area contributed by atoms with Gasteiger partial charge >= 0.3 is 6.09 Å². The van der Waals surface area contributed by atoms with E-state index in [1.54, 1.807) is 36.4 Å². The molecule has 6 atom stereocenters. The summed E-state index contributed by atoms with van der Waals surface area (Å²) >= 11 is 6.02. The van der Waals surface area contributed by atoms with Crippen LogP contribution in [0.1, 0.15) is 62.0 Å². The van der Waals surface area contributed by atoms with Gasteiger partial charge < -0.3 is 43.8 Å². The van der Waals surface area contributed by atoms with Crippen LogP contribution in [0.3, 0.4) is 0 Å². The van der Waals surface area contributed by atoms with Gasteiger partial charge in [-0.25, -0.2) is 4.79 Å². The highest BCUT2D eigenvalue weighted by Crippen LogP contribution is 2.62. The molecule has 1 heterocycles. The molecule has 1 aliphatic heterocycles. The summed E-state index contributed by atoms with van der Waals surface area (Å²) in [6, 6.07) is 16.2. The average molecular weight is 937 g/mol. The van der Waals surface area contributed by atoms with Gasteiger partial charge in [0, 0.05) is 55.9 Å². The van der Waals surface area contributed by atoms with Crippen LogP contribution in [0.15, 0.2) is 96.2 Å². The number of nitro benzene ring substituents is 2. The van der Waals surface area contributed by atoms with Crippen molar-refractivity contribution in [3.05, 3.63) is 122 Å². The zero-order valence-electron chi connectivity index (χ0n) is 36.6. The fourth-order valence-corrected chi connectivity index (χ4v) is 9.40. The number of rotatable bonds is 26. The standard InChI is InChI=1S/C47H57ClN4O14/c1-2-23-63-47-43(50(19-25-61-26-22-55)46(56)62-24-18-48)30-41(49-64-31-32-12-14-34(15-13-32)51(57)58)39-27-33(8-3-5-20-53)38(11-4-6-21-54)44(45(39)47)40-29-37(16-17-42(40)66-47)65-36-10-7-9-35(28-36)52(59)60/h2,7,9-10,12-17,27-29,33,38,43-45,53-55H,1,3-6,8,11,18-26,30-31H2. The summed E-state index contributed by atoms with van der Waals surface area (Å²) in [4.78, 5) is 43.9. The Morgan fingerprint density at radius 1 is 0.924 bits per heavy atom. The summed E-state index contributed by atoms with van der Waals surface area (Å²) in [5.74, 6) is -1.88. The minimum Gasteiger partial charge on any atom is -0.459 e. The first-order valence-electron chi connectivity index (χ1n) is 22.1. The van der Waals surface area contributed by atoms with Crippen LogP contribution in [0.4, 0.5) is 16.2 Å². The van der Waals surface area contributed by atoms with Gasteiger partial charge in [0.1, 0.15) is 36.5 Å². The molecular formula is C47H57ClN4O14. The maximum absolute atomic E-state index is 14.3. The van der Waals surface area contributed by atoms with Crippen molar-refractivity contribution in [3.63, 3.8) is 0 Å². The molecule has 6 unspecified atom stereocenters. The predicted octanol–water partition coefficient (Wildman–Crippen LogP) is 7.82. The molecule has 356 valence electrons. The van der Waals surface area contributed by atoms with Crippen molar-refractivity contribution in [3.8, 4) is 17.2 Å². The number of amides is 1. The number of hydrogen-bond acceptors (Lipinski definition) is 15. The van der Waals surface area contributed by atoms with E-state index in [2.05, 4.69) is 12.7 Å². The van der Waals surface area contributed by atoms with Crippen molar-refractivity contribution in [2.24, 2.45) is 22.9 Å². The van der Waals surface area contributed by atoms with Gasteiger partial charge in [-0.3, -0.25) is 25.1 Å². The van der Waals surface area contributed by atoms with Crippen LogP contribution in [0.2, 0.25) is 0 Å². The Balaban J connectivity index is 1.57. The van der Waals surface area contributed by atoms with Crippen LogP contribution < -0.4 is 9.47 Å². The third-order valence-corrected chi connectivity index (χ3v) is 12.2. The third kappa shape index (κ3) is 11.8. The maximum Gasteiger partial charge on any atom is 0.410 e. The second kappa shape index (κ2) is 24.2. The van der Waals surface area contributed by atoms with E-state index >= 15 is 0 Å². The Bertz CT molecular complexity index is 2190. The highest BCUT2D eigenvalue weighted by molar-refractivity contribution is 6.18. The molecule has 0 radical (unpaired) electrons. The molecule has 3 aliphatic rings. The molecule has 1 fully saturated rings. The van der Waals surface area contributed by atoms with Crippen LogP contribution in [-0.4, -0.2) is 112 Å². The van der Waals surface area contributed by atoms with E-state index < -0.39 is 39.6 Å². The molecular weight excluding hydrogens is 880 g/mol. The second-order valence-electron chi connectivity index (χ2n) is 16.2. The van der Waals surface area contributed by atoms with Gasteiger partial charge in [0.05, 0.1) is 59.9 Å². The second-order valence-corrected chi connectivity index (χ2v) is 16.5. The maximum atomic E-state index is 14.3. The molecule has 3 N–H and O–H groups in total. The summed E-state index contributed by atoms with van der Waals surface area (Å²) < 4.78 is 31.9. The molecule has 6 rings (SSSR count). The van der Waals surface area contributed by atoms with Crippen LogP contribution in [0, 0.1) is 38.0 Å². The van der Waals surface area contributed by atoms with Gasteiger partial charge in [-0.05, 0) is 85.1 Å². The van der Waals surface area contributed by atoms with E-state index in [1.807, 2.05) is 6.07 Å². The lowest BCUT2D eigenvalue weighted by Gasteiger charge is -2.59. The Morgan fingerprint density at radius 2 is 1.67 bits per heavy atom. The van der Waals surface area contributed by atoms with Crippen molar-refractivity contribution in [2.45, 2.75) is 69.3 Å². The molecule has 18 nitrogen and oxygen atoms in total. The minimum absolute atomic E-state index is 0.000122. The number of carbonyl (C=O) groups is 1. The van der Waals surface area contributed by atoms with E-state index in [4.69, 9.17) is 45.3 Å². The van der Waals surface area contributed by atoms with E-state index in [-0.39, 0.29) is 101 Å². The van der Waals surface area contributed by atoms with Gasteiger partial charge in [0.2, 0.25) is 5.79 Å². The van der Waals surface area contributed by atoms with E-state index in [0.29, 0.717) is 61.3 Å². The zero-order chi connectivity index (χ0) is 47.1. The van der Waals surface area contributed by atoms with Crippen LogP contribution in [-0.2, 0) is 25.7 Å². The van der Waals surface area contributed by atoms with Gasteiger partial charge in [-0.1, -0.05) is 36.2 Å². The Kier molecular flexibility index (Phi) is 18.3. The fourth-order valence-electron chi connectivity index (χ4n) is 9.32. The van der Waals surface area contributed by atoms with Crippen LogP contribution in [0.25, 0.3) is 0 Å². The molecule has 0 saturated heterocycles. The fraction of sp³-hybridized carbons (Fsp3) is 0.489. The summed E-state index contributed by atoms with van der Waals surface area (Å²) in [6.07, 6.45) is 6.93. The summed E-state index contributed by atoms with van der Waals surface area (Å²) in [5, 5.41) is 57.2. The Hall–Kier alpha value is -5.63. The first-order valence-corrected chi connectivity index (χ1v) is 22.7. The number of oxime groups is 1. The lowest BCUT2D eigenvalue weighted by molar-refractivity contribution is -0.385. The molecule has 0 spiro atoms. The number of benzene rings is 3. The number of nitro groups is 2. The number of carbonyl (C=O) groups excluding carboxylic acids is 1. The third-order valence-electron chi connectivity index (χ3n) is 12.1. The molecule has 3 aromatic rings. The van der Waals surface area contributed by atoms with Crippen molar-refractivity contribution < 1.29 is 58.5 Å². The number of non-ortho nitro benzene ring substituents is 2. The SMILES string of the molecule is C=CCOC12Oc3ccc(Oc4cccc([N+](=O)[O-])c4)cc3C3C(CCCCO)C(CCCCO)C=C(C(=NOCc4ccc([N+](=O)[O-])cc4)CC1N(CCOCCO)C(=O)OCCCl)C32. The van der Waals surface area contributed by atoms with Crippen LogP contribution >= 0.6 is 11.6 Å². The van der Waals surface area contributed by atoms with E-state index in [1.165, 1.54) is 35.2 Å². The lowest BCUT2D eigenvalue weighted by atomic mass is 9.55. The first-order chi connectivity index (χ1) is 32.1. The number of nitrogens with zero attached hydrogens (tertiary/aromatic N) is 4. The lowest BCUT2D eigenvalue weighted by Crippen LogP contribution is -2.70. The highest BCUT2D eigenvalue weighted by atomic mass is 35.5. The summed E-state index contributed by atoms with van der Waals surface area (Å²) in [7, 11) is 0. The van der Waals surface area contributed by atoms with Gasteiger partial charge in [0.25, 0.3) is 11.4 Å². The number of aliphatic hydroxyl groups is 3. The minimum atomic E-state index is -1.64. The molecule has 1 saturated carbocycles. The van der Waals surface area contributed by atoms with Crippen molar-refractivity contribution >= 4 is 34.8 Å². The van der Waals surface area contributed by atoms with Crippen molar-refractivity contribution in [2.75, 3.05) is 58.7 Å². The number of ether oxygens (including phenoxy) is 5. The van der Waals surface area contributed by atoms with E-state index in [9.17, 15) is 40.3 Å². The summed E-state index contributed by atoms with van der Waals surface area (Å²) in [5.41, 5.74) is 2.40. The monoisotopic (exact) mass is 936 g/mol. The normalized spacial score (nSPS) is 22.3. The average Bonchev–Trinajstić information content (AvgIpc) is 3.32. The molecule has 66 heavy (non-hydrogen) atoms. The number of aliphatic hydroxyl groups excluding tert-OH is 3. The smallest absolute Gasteiger partial charge is 0.410 e. The summed E-state index contributed by atoms with van der Waals surface area (Å²) in [6.45, 7) is 3.60. The number of unbranched alkanes of at least 4 members (excludes halogenated alkanes) is 2. The Morgan fingerprint density at radius 3 is 2.36 bits per heavy atom. The zero-order valence-corrected chi connectivity index (χ0v) is 37.4. The number of halogens is 1. The number of hydrogen-bond donors (Lipinski definition) is 3. The quantitative estimate of drug-likeness (QED) is 0.0229. The highest BCUT2D eigenvalue weighted by Gasteiger charge is 2.65. The predicted molar refractivity (Wildman–Crippen MR) is 243 cm³/mol. The van der Waals surface area contributed by atoms with Gasteiger partial charge in [0.15, 0.2) is 0 Å².